The largest absolute Gasteiger partial charge is 0.388 e. The summed E-state index contributed by atoms with van der Waals surface area (Å²) in [5.41, 5.74) is 1.68. The Morgan fingerprint density at radius 2 is 1.78 bits per heavy atom. The molecule has 0 aliphatic heterocycles. The van der Waals surface area contributed by atoms with Crippen molar-refractivity contribution < 1.29 is 23.1 Å². The highest BCUT2D eigenvalue weighted by atomic mass is 19.1. The molecule has 2 aromatic carbocycles. The molecule has 5 rings (SSSR count). The zero-order valence-corrected chi connectivity index (χ0v) is 17.4. The fourth-order valence-electron chi connectivity index (χ4n) is 4.51. The second-order valence-electron chi connectivity index (χ2n) is 9.05. The molecule has 1 heterocycles. The second kappa shape index (κ2) is 7.85. The van der Waals surface area contributed by atoms with Gasteiger partial charge in [0.2, 0.25) is 0 Å². The van der Waals surface area contributed by atoms with Crippen molar-refractivity contribution in [2.75, 3.05) is 13.1 Å². The average Bonchev–Trinajstić information content (AvgIpc) is 3.35. The summed E-state index contributed by atoms with van der Waals surface area (Å²) in [5, 5.41) is 15.8. The number of amides is 2. The SMILES string of the molecule is O=C(NCC1CC(c2c(-c3ccc(F)cc3)[nH]c3c(F)cc(F)cc23)C1)NCC1(O)CC1. The van der Waals surface area contributed by atoms with Crippen molar-refractivity contribution in [1.29, 1.82) is 0 Å². The van der Waals surface area contributed by atoms with Crippen LogP contribution in [0.15, 0.2) is 36.4 Å². The standard InChI is InChI=1S/C24H24F3N3O2/c25-16-3-1-14(2-4-16)21-20(18-9-17(26)10-19(27)22(18)30-21)15-7-13(8-15)11-28-23(31)29-12-24(32)5-6-24/h1-4,9-10,13,15,30,32H,5-8,11-12H2,(H2,28,29,31). The first kappa shape index (κ1) is 20.9. The molecule has 5 nitrogen and oxygen atoms in total. The summed E-state index contributed by atoms with van der Waals surface area (Å²) in [6, 6.07) is 7.79. The highest BCUT2D eigenvalue weighted by Crippen LogP contribution is 2.48. The molecule has 8 heteroatoms. The number of halogens is 3. The Balaban J connectivity index is 1.32. The third kappa shape index (κ3) is 4.07. The van der Waals surface area contributed by atoms with Crippen molar-refractivity contribution in [3.05, 3.63) is 59.4 Å². The zero-order chi connectivity index (χ0) is 22.5. The van der Waals surface area contributed by atoms with E-state index in [4.69, 9.17) is 0 Å². The number of benzene rings is 2. The maximum absolute atomic E-state index is 14.4. The summed E-state index contributed by atoms with van der Waals surface area (Å²) >= 11 is 0. The monoisotopic (exact) mass is 443 g/mol. The molecule has 2 aliphatic carbocycles. The average molecular weight is 443 g/mol. The lowest BCUT2D eigenvalue weighted by molar-refractivity contribution is 0.147. The molecule has 0 atom stereocenters. The molecule has 0 bridgehead atoms. The van der Waals surface area contributed by atoms with Crippen molar-refractivity contribution in [2.45, 2.75) is 37.2 Å². The van der Waals surface area contributed by atoms with Gasteiger partial charge in [-0.2, -0.15) is 0 Å². The quantitative estimate of drug-likeness (QED) is 0.451. The van der Waals surface area contributed by atoms with Gasteiger partial charge in [-0.25, -0.2) is 18.0 Å². The molecule has 0 radical (unpaired) electrons. The Morgan fingerprint density at radius 1 is 1.06 bits per heavy atom. The highest BCUT2D eigenvalue weighted by Gasteiger charge is 2.40. The van der Waals surface area contributed by atoms with Crippen LogP contribution in [0.1, 0.15) is 37.2 Å². The van der Waals surface area contributed by atoms with E-state index >= 15 is 0 Å². The lowest BCUT2D eigenvalue weighted by Gasteiger charge is -2.36. The zero-order valence-electron chi connectivity index (χ0n) is 17.4. The van der Waals surface area contributed by atoms with Crippen LogP contribution in [0.4, 0.5) is 18.0 Å². The van der Waals surface area contributed by atoms with Crippen LogP contribution in [0.3, 0.4) is 0 Å². The van der Waals surface area contributed by atoms with Crippen LogP contribution < -0.4 is 10.6 Å². The summed E-state index contributed by atoms with van der Waals surface area (Å²) in [6.07, 6.45) is 2.92. The van der Waals surface area contributed by atoms with Crippen LogP contribution in [0.5, 0.6) is 0 Å². The summed E-state index contributed by atoms with van der Waals surface area (Å²) in [6.45, 7) is 0.733. The third-order valence-corrected chi connectivity index (χ3v) is 6.60. The van der Waals surface area contributed by atoms with Crippen molar-refractivity contribution in [2.24, 2.45) is 5.92 Å². The molecule has 32 heavy (non-hydrogen) atoms. The molecule has 2 aliphatic rings. The summed E-state index contributed by atoms with van der Waals surface area (Å²) in [4.78, 5) is 15.0. The smallest absolute Gasteiger partial charge is 0.314 e. The number of hydrogen-bond donors (Lipinski definition) is 4. The summed E-state index contributed by atoms with van der Waals surface area (Å²) in [5.74, 6) is -1.38. The number of rotatable bonds is 6. The first-order valence-corrected chi connectivity index (χ1v) is 10.8. The number of carbonyl (C=O) groups is 1. The van der Waals surface area contributed by atoms with E-state index in [2.05, 4.69) is 15.6 Å². The molecular weight excluding hydrogens is 419 g/mol. The first-order chi connectivity index (χ1) is 15.3. The molecule has 4 N–H and O–H groups in total. The Hall–Kier alpha value is -3.00. The predicted molar refractivity (Wildman–Crippen MR) is 115 cm³/mol. The number of hydrogen-bond acceptors (Lipinski definition) is 2. The fraction of sp³-hybridized carbons (Fsp3) is 0.375. The second-order valence-corrected chi connectivity index (χ2v) is 9.05. The molecule has 2 amide bonds. The number of aromatic amines is 1. The number of fused-ring (bicyclic) bond motifs is 1. The van der Waals surface area contributed by atoms with Gasteiger partial charge in [-0.15, -0.1) is 0 Å². The van der Waals surface area contributed by atoms with Crippen molar-refractivity contribution in [3.8, 4) is 11.3 Å². The molecule has 1 aromatic heterocycles. The molecule has 0 unspecified atom stereocenters. The fourth-order valence-corrected chi connectivity index (χ4v) is 4.51. The van der Waals surface area contributed by atoms with Crippen LogP contribution in [0.2, 0.25) is 0 Å². The first-order valence-electron chi connectivity index (χ1n) is 10.8. The van der Waals surface area contributed by atoms with E-state index in [9.17, 15) is 23.1 Å². The van der Waals surface area contributed by atoms with Gasteiger partial charge in [0.05, 0.1) is 16.8 Å². The lowest BCUT2D eigenvalue weighted by atomic mass is 9.70. The number of nitrogens with one attached hydrogen (secondary N) is 3. The van der Waals surface area contributed by atoms with E-state index in [1.54, 1.807) is 12.1 Å². The van der Waals surface area contributed by atoms with Gasteiger partial charge in [-0.3, -0.25) is 0 Å². The van der Waals surface area contributed by atoms with Crippen LogP contribution in [-0.4, -0.2) is 34.8 Å². The van der Waals surface area contributed by atoms with E-state index in [-0.39, 0.29) is 35.7 Å². The minimum absolute atomic E-state index is 0.0621. The maximum Gasteiger partial charge on any atom is 0.314 e. The highest BCUT2D eigenvalue weighted by molar-refractivity contribution is 5.92. The van der Waals surface area contributed by atoms with Crippen molar-refractivity contribution >= 4 is 16.9 Å². The van der Waals surface area contributed by atoms with Gasteiger partial charge in [0.1, 0.15) is 17.5 Å². The number of H-pyrrole nitrogens is 1. The van der Waals surface area contributed by atoms with Gasteiger partial charge in [0.25, 0.3) is 0 Å². The van der Waals surface area contributed by atoms with Gasteiger partial charge >= 0.3 is 6.03 Å². The lowest BCUT2D eigenvalue weighted by Crippen LogP contribution is -2.43. The van der Waals surface area contributed by atoms with Crippen LogP contribution in [0, 0.1) is 23.4 Å². The number of urea groups is 1. The number of aromatic nitrogens is 1. The Labute approximate surface area is 183 Å². The molecule has 0 saturated heterocycles. The van der Waals surface area contributed by atoms with Crippen molar-refractivity contribution in [1.82, 2.24) is 15.6 Å². The van der Waals surface area contributed by atoms with Crippen LogP contribution in [0.25, 0.3) is 22.2 Å². The molecule has 168 valence electrons. The van der Waals surface area contributed by atoms with Gasteiger partial charge in [0, 0.05) is 24.5 Å². The molecular formula is C24H24F3N3O2. The van der Waals surface area contributed by atoms with E-state index in [1.807, 2.05) is 0 Å². The van der Waals surface area contributed by atoms with E-state index in [1.165, 1.54) is 18.2 Å². The van der Waals surface area contributed by atoms with Crippen molar-refractivity contribution in [3.63, 3.8) is 0 Å². The van der Waals surface area contributed by atoms with Crippen LogP contribution >= 0.6 is 0 Å². The topological polar surface area (TPSA) is 77.2 Å². The number of carbonyl (C=O) groups excluding carboxylic acids is 1. The summed E-state index contributed by atoms with van der Waals surface area (Å²) < 4.78 is 41.9. The van der Waals surface area contributed by atoms with Crippen LogP contribution in [-0.2, 0) is 0 Å². The van der Waals surface area contributed by atoms with E-state index < -0.39 is 17.2 Å². The minimum Gasteiger partial charge on any atom is -0.388 e. The van der Waals surface area contributed by atoms with E-state index in [0.29, 0.717) is 36.0 Å². The molecule has 2 saturated carbocycles. The maximum atomic E-state index is 14.4. The van der Waals surface area contributed by atoms with E-state index in [0.717, 1.165) is 24.5 Å². The number of aliphatic hydroxyl groups is 1. The predicted octanol–water partition coefficient (Wildman–Crippen LogP) is 4.57. The Kier molecular flexibility index (Phi) is 5.12. The third-order valence-electron chi connectivity index (χ3n) is 6.60. The van der Waals surface area contributed by atoms with Gasteiger partial charge in [-0.05, 0) is 79.0 Å². The molecule has 0 spiro atoms. The molecule has 3 aromatic rings. The Bertz CT molecular complexity index is 1170. The minimum atomic E-state index is -0.741. The van der Waals surface area contributed by atoms with Gasteiger partial charge in [0.15, 0.2) is 0 Å². The molecule has 2 fully saturated rings. The Morgan fingerprint density at radius 3 is 2.47 bits per heavy atom. The van der Waals surface area contributed by atoms with Gasteiger partial charge < -0.3 is 20.7 Å². The summed E-state index contributed by atoms with van der Waals surface area (Å²) in [7, 11) is 0. The van der Waals surface area contributed by atoms with Gasteiger partial charge in [-0.1, -0.05) is 0 Å². The normalized spacial score (nSPS) is 21.2.